The number of nitrogens with zero attached hydrogens (tertiary/aromatic N) is 1. The molecule has 1 fully saturated rings. The van der Waals surface area contributed by atoms with Crippen LogP contribution in [0, 0.1) is 11.7 Å². The lowest BCUT2D eigenvalue weighted by Gasteiger charge is -2.13. The van der Waals surface area contributed by atoms with Crippen molar-refractivity contribution in [2.45, 2.75) is 31.9 Å². The molecule has 186 valence electrons. The third kappa shape index (κ3) is 7.25. The van der Waals surface area contributed by atoms with Crippen molar-refractivity contribution in [2.24, 2.45) is 5.92 Å². The summed E-state index contributed by atoms with van der Waals surface area (Å²) < 4.78 is 24.2. The summed E-state index contributed by atoms with van der Waals surface area (Å²) in [7, 11) is 1.69. The van der Waals surface area contributed by atoms with Gasteiger partial charge in [-0.05, 0) is 80.8 Å². The Hall–Kier alpha value is -2.98. The summed E-state index contributed by atoms with van der Waals surface area (Å²) in [5, 5.41) is 19.3. The zero-order valence-corrected chi connectivity index (χ0v) is 20.4. The predicted octanol–water partition coefficient (Wildman–Crippen LogP) is 4.05. The number of ketones is 1. The number of carbonyl (C=O) groups excluding carboxylic acids is 2. The minimum atomic E-state index is -0.563. The van der Waals surface area contributed by atoms with E-state index in [0.717, 1.165) is 23.3 Å². The van der Waals surface area contributed by atoms with Crippen LogP contribution in [0.5, 0.6) is 5.75 Å². The molecule has 0 aliphatic heterocycles. The number of hydrogen-bond acceptors (Lipinski definition) is 8. The molecule has 0 amide bonds. The number of hydrogen-bond donors (Lipinski definition) is 3. The van der Waals surface area contributed by atoms with E-state index in [2.05, 4.69) is 9.69 Å². The molecule has 35 heavy (non-hydrogen) atoms. The molecule has 1 unspecified atom stereocenters. The van der Waals surface area contributed by atoms with Crippen molar-refractivity contribution in [3.05, 3.63) is 70.4 Å². The van der Waals surface area contributed by atoms with Crippen molar-refractivity contribution in [1.82, 2.24) is 9.69 Å². The number of aliphatic hydroxyl groups is 2. The van der Waals surface area contributed by atoms with Crippen molar-refractivity contribution in [3.8, 4) is 17.0 Å². The van der Waals surface area contributed by atoms with Crippen LogP contribution in [0.2, 0.25) is 0 Å². The monoisotopic (exact) mass is 500 g/mol. The van der Waals surface area contributed by atoms with Crippen molar-refractivity contribution in [2.75, 3.05) is 20.3 Å². The van der Waals surface area contributed by atoms with E-state index in [1.807, 2.05) is 25.1 Å². The lowest BCUT2D eigenvalue weighted by Crippen LogP contribution is -2.32. The first kappa shape index (κ1) is 26.6. The van der Waals surface area contributed by atoms with Gasteiger partial charge in [-0.3, -0.25) is 9.59 Å². The molecule has 0 radical (unpaired) electrons. The first-order valence-electron chi connectivity index (χ1n) is 11.3. The summed E-state index contributed by atoms with van der Waals surface area (Å²) in [6.45, 7) is 1.90. The Morgan fingerprint density at radius 1 is 1.20 bits per heavy atom. The average Bonchev–Trinajstić information content (AvgIpc) is 3.61. The molecule has 3 aromatic rings. The minimum Gasteiger partial charge on any atom is -0.485 e. The molecule has 0 spiro atoms. The van der Waals surface area contributed by atoms with Gasteiger partial charge in [-0.25, -0.2) is 4.39 Å². The SMILES string of the molecule is CC(Oc1ccc(C(=O)C2CC2)cc1)c1cc(-c2ccc(C=O)c(F)c2)ns1.CNC(CO)CO. The van der Waals surface area contributed by atoms with Crippen molar-refractivity contribution < 1.29 is 28.9 Å². The molecule has 9 heteroatoms. The van der Waals surface area contributed by atoms with E-state index in [-0.39, 0.29) is 42.6 Å². The molecule has 1 aliphatic rings. The van der Waals surface area contributed by atoms with Crippen molar-refractivity contribution in [1.29, 1.82) is 0 Å². The first-order chi connectivity index (χ1) is 16.9. The first-order valence-corrected chi connectivity index (χ1v) is 12.1. The topological polar surface area (TPSA) is 109 Å². The van der Waals surface area contributed by atoms with E-state index in [0.29, 0.717) is 23.3 Å². The van der Waals surface area contributed by atoms with Gasteiger partial charge in [0.25, 0.3) is 0 Å². The molecular formula is C26H29FN2O5S. The maximum absolute atomic E-state index is 13.8. The Labute approximate surface area is 207 Å². The van der Waals surface area contributed by atoms with Gasteiger partial charge < -0.3 is 20.3 Å². The average molecular weight is 501 g/mol. The van der Waals surface area contributed by atoms with E-state index in [1.165, 1.54) is 23.7 Å². The van der Waals surface area contributed by atoms with Gasteiger partial charge in [0.2, 0.25) is 0 Å². The summed E-state index contributed by atoms with van der Waals surface area (Å²) in [6, 6.07) is 13.4. The van der Waals surface area contributed by atoms with Crippen LogP contribution >= 0.6 is 11.5 Å². The van der Waals surface area contributed by atoms with Crippen LogP contribution in [0.15, 0.2) is 48.5 Å². The van der Waals surface area contributed by atoms with E-state index in [1.54, 1.807) is 25.2 Å². The number of rotatable bonds is 10. The Morgan fingerprint density at radius 2 is 1.89 bits per heavy atom. The predicted molar refractivity (Wildman–Crippen MR) is 132 cm³/mol. The summed E-state index contributed by atoms with van der Waals surface area (Å²) in [4.78, 5) is 23.7. The standard InChI is InChI=1S/C22H18FNO3S.C4H11NO2/c1-13(27-18-8-6-15(7-9-18)22(26)14-2-3-14)21-11-20(24-28-21)16-4-5-17(12-25)19(23)10-16;1-5-4(2-6)3-7/h4-14H,2-3H2,1H3;4-7H,2-3H2,1H3. The van der Waals surface area contributed by atoms with Gasteiger partial charge in [-0.2, -0.15) is 4.37 Å². The highest BCUT2D eigenvalue weighted by Crippen LogP contribution is 2.34. The molecule has 1 heterocycles. The lowest BCUT2D eigenvalue weighted by atomic mass is 10.1. The molecule has 1 aliphatic carbocycles. The number of likely N-dealkylation sites (N-methyl/N-ethyl adjacent to an activating group) is 1. The fourth-order valence-corrected chi connectivity index (χ4v) is 3.90. The van der Waals surface area contributed by atoms with Gasteiger partial charge in [0, 0.05) is 17.0 Å². The van der Waals surface area contributed by atoms with Crippen LogP contribution in [0.25, 0.3) is 11.3 Å². The van der Waals surface area contributed by atoms with Crippen LogP contribution in [0.1, 0.15) is 51.5 Å². The molecular weight excluding hydrogens is 471 g/mol. The largest absolute Gasteiger partial charge is 0.485 e. The zero-order valence-electron chi connectivity index (χ0n) is 19.6. The summed E-state index contributed by atoms with van der Waals surface area (Å²) >= 11 is 1.29. The minimum absolute atomic E-state index is 0.00694. The number of Topliss-reactive ketones (excluding diaryl/α,β-unsaturated/α-hetero) is 1. The van der Waals surface area contributed by atoms with Gasteiger partial charge in [-0.15, -0.1) is 0 Å². The van der Waals surface area contributed by atoms with Crippen LogP contribution in [-0.2, 0) is 0 Å². The normalized spacial score (nSPS) is 13.7. The molecule has 1 aromatic heterocycles. The summed E-state index contributed by atoms with van der Waals surface area (Å²) in [6.07, 6.45) is 2.23. The smallest absolute Gasteiger partial charge is 0.165 e. The number of halogens is 1. The van der Waals surface area contributed by atoms with E-state index >= 15 is 0 Å². The second-order valence-corrected chi connectivity index (χ2v) is 9.08. The van der Waals surface area contributed by atoms with Crippen LogP contribution in [0.3, 0.4) is 0 Å². The molecule has 0 bridgehead atoms. The Bertz CT molecular complexity index is 1120. The lowest BCUT2D eigenvalue weighted by molar-refractivity contribution is 0.0967. The maximum atomic E-state index is 13.8. The van der Waals surface area contributed by atoms with Crippen LogP contribution in [-0.4, -0.2) is 53.0 Å². The number of aromatic nitrogens is 1. The van der Waals surface area contributed by atoms with Crippen molar-refractivity contribution in [3.63, 3.8) is 0 Å². The molecule has 1 atom stereocenters. The van der Waals surface area contributed by atoms with Gasteiger partial charge in [0.05, 0.1) is 35.4 Å². The van der Waals surface area contributed by atoms with E-state index < -0.39 is 5.82 Å². The van der Waals surface area contributed by atoms with E-state index in [9.17, 15) is 14.0 Å². The number of carbonyl (C=O) groups is 2. The summed E-state index contributed by atoms with van der Waals surface area (Å²) in [5.41, 5.74) is 2.00. The highest BCUT2D eigenvalue weighted by atomic mass is 32.1. The number of nitrogens with one attached hydrogen (secondary N) is 1. The van der Waals surface area contributed by atoms with Gasteiger partial charge in [0.1, 0.15) is 17.7 Å². The number of ether oxygens (including phenoxy) is 1. The second-order valence-electron chi connectivity index (χ2n) is 8.24. The Balaban J connectivity index is 0.000000429. The maximum Gasteiger partial charge on any atom is 0.165 e. The second kappa shape index (κ2) is 12.6. The third-order valence-electron chi connectivity index (χ3n) is 5.60. The highest BCUT2D eigenvalue weighted by molar-refractivity contribution is 7.06. The molecule has 1 saturated carbocycles. The number of aldehydes is 1. The molecule has 4 rings (SSSR count). The van der Waals surface area contributed by atoms with Crippen molar-refractivity contribution >= 4 is 23.6 Å². The Kier molecular flexibility index (Phi) is 9.62. The Morgan fingerprint density at radius 3 is 2.40 bits per heavy atom. The van der Waals surface area contributed by atoms with Gasteiger partial charge >= 0.3 is 0 Å². The fraction of sp³-hybridized carbons (Fsp3) is 0.346. The zero-order chi connectivity index (χ0) is 25.4. The van der Waals surface area contributed by atoms with Crippen LogP contribution in [0.4, 0.5) is 4.39 Å². The molecule has 2 aromatic carbocycles. The molecule has 0 saturated heterocycles. The summed E-state index contributed by atoms with van der Waals surface area (Å²) in [5.74, 6) is 0.523. The third-order valence-corrected chi connectivity index (χ3v) is 6.55. The van der Waals surface area contributed by atoms with Gasteiger partial charge in [0.15, 0.2) is 12.1 Å². The molecule has 7 nitrogen and oxygen atoms in total. The quantitative estimate of drug-likeness (QED) is 0.285. The number of aliphatic hydroxyl groups excluding tert-OH is 2. The highest BCUT2D eigenvalue weighted by Gasteiger charge is 2.30. The molecule has 3 N–H and O–H groups in total. The van der Waals surface area contributed by atoms with Gasteiger partial charge in [-0.1, -0.05) is 6.07 Å². The fourth-order valence-electron chi connectivity index (χ4n) is 3.18. The van der Waals surface area contributed by atoms with Crippen LogP contribution < -0.4 is 10.1 Å². The van der Waals surface area contributed by atoms with E-state index in [4.69, 9.17) is 14.9 Å². The number of benzene rings is 2.